The highest BCUT2D eigenvalue weighted by molar-refractivity contribution is 14.1. The number of halogens is 3. The van der Waals surface area contributed by atoms with Crippen LogP contribution < -0.4 is 0 Å². The van der Waals surface area contributed by atoms with E-state index < -0.39 is 0 Å². The van der Waals surface area contributed by atoms with Crippen molar-refractivity contribution in [3.05, 3.63) is 37.0 Å². The lowest BCUT2D eigenvalue weighted by Crippen LogP contribution is -1.92. The van der Waals surface area contributed by atoms with Crippen molar-refractivity contribution in [2.75, 3.05) is 0 Å². The molecule has 15 heavy (non-hydrogen) atoms. The molecule has 1 nitrogen and oxygen atoms in total. The minimum absolute atomic E-state index is 0.693. The summed E-state index contributed by atoms with van der Waals surface area (Å²) >= 11 is 14.5. The van der Waals surface area contributed by atoms with Crippen molar-refractivity contribution >= 4 is 56.7 Å². The monoisotopic (exact) mass is 351 g/mol. The number of pyridine rings is 1. The maximum absolute atomic E-state index is 6.27. The molecule has 0 radical (unpaired) electrons. The van der Waals surface area contributed by atoms with Crippen molar-refractivity contribution in [2.24, 2.45) is 0 Å². The summed E-state index contributed by atoms with van der Waals surface area (Å²) < 4.78 is 1.03. The molecule has 1 heterocycles. The number of hydrogen-bond acceptors (Lipinski definition) is 1. The van der Waals surface area contributed by atoms with Gasteiger partial charge in [0.15, 0.2) is 0 Å². The summed E-state index contributed by atoms with van der Waals surface area (Å²) in [7, 11) is 0. The van der Waals surface area contributed by atoms with E-state index in [-0.39, 0.29) is 0 Å². The summed E-state index contributed by atoms with van der Waals surface area (Å²) in [6.45, 7) is 3.93. The summed E-state index contributed by atoms with van der Waals surface area (Å²) in [5.41, 5.74) is 2.91. The van der Waals surface area contributed by atoms with E-state index in [9.17, 15) is 0 Å². The van der Waals surface area contributed by atoms with Gasteiger partial charge in [0.2, 0.25) is 0 Å². The Labute approximate surface area is 112 Å². The van der Waals surface area contributed by atoms with Crippen molar-refractivity contribution in [1.29, 1.82) is 0 Å². The van der Waals surface area contributed by atoms with Gasteiger partial charge in [-0.1, -0.05) is 23.2 Å². The third-order valence-corrected chi connectivity index (χ3v) is 3.94. The number of aromatic nitrogens is 1. The Balaban J connectivity index is 2.98. The number of hydrogen-bond donors (Lipinski definition) is 0. The zero-order valence-corrected chi connectivity index (χ0v) is 11.9. The Hall–Kier alpha value is -0.0600. The molecule has 0 saturated heterocycles. The van der Waals surface area contributed by atoms with Gasteiger partial charge in [-0.25, -0.2) is 0 Å². The minimum atomic E-state index is 0.693. The molecule has 0 aliphatic carbocycles. The van der Waals surface area contributed by atoms with Crippen molar-refractivity contribution in [3.8, 4) is 0 Å². The van der Waals surface area contributed by atoms with Crippen molar-refractivity contribution in [1.82, 2.24) is 4.98 Å². The molecule has 0 bridgehead atoms. The van der Waals surface area contributed by atoms with Gasteiger partial charge in [0, 0.05) is 19.7 Å². The molecule has 0 spiro atoms. The molecule has 2 aromatic rings. The molecule has 0 amide bonds. The summed E-state index contributed by atoms with van der Waals surface area (Å²) in [5.74, 6) is 0. The van der Waals surface area contributed by atoms with Crippen molar-refractivity contribution in [2.45, 2.75) is 13.8 Å². The van der Waals surface area contributed by atoms with E-state index in [1.54, 1.807) is 0 Å². The van der Waals surface area contributed by atoms with Crippen LogP contribution in [0.5, 0.6) is 0 Å². The predicted octanol–water partition coefficient (Wildman–Crippen LogP) is 4.76. The van der Waals surface area contributed by atoms with Gasteiger partial charge in [-0.15, -0.1) is 0 Å². The molecule has 78 valence electrons. The van der Waals surface area contributed by atoms with E-state index in [2.05, 4.69) is 27.6 Å². The standard InChI is InChI=1S/C11H8Cl2IN/c1-5-6(2)15-11-8(10(5)13)3-7(12)4-9(11)14/h3-4H,1-2H3. The molecule has 0 aliphatic heterocycles. The van der Waals surface area contributed by atoms with Gasteiger partial charge in [-0.2, -0.15) is 0 Å². The molecule has 1 aromatic heterocycles. The zero-order valence-electron chi connectivity index (χ0n) is 8.24. The first-order chi connectivity index (χ1) is 7.00. The molecule has 0 unspecified atom stereocenters. The Bertz CT molecular complexity index is 552. The third kappa shape index (κ3) is 1.95. The lowest BCUT2D eigenvalue weighted by molar-refractivity contribution is 1.19. The van der Waals surface area contributed by atoms with Gasteiger partial charge in [-0.05, 0) is 54.1 Å². The number of aryl methyl sites for hydroxylation is 1. The molecule has 1 aromatic carbocycles. The minimum Gasteiger partial charge on any atom is -0.252 e. The van der Waals surface area contributed by atoms with Gasteiger partial charge >= 0.3 is 0 Å². The number of benzene rings is 1. The van der Waals surface area contributed by atoms with Gasteiger partial charge in [0.1, 0.15) is 0 Å². The van der Waals surface area contributed by atoms with Gasteiger partial charge in [0.05, 0.1) is 10.5 Å². The van der Waals surface area contributed by atoms with E-state index in [0.29, 0.717) is 5.02 Å². The topological polar surface area (TPSA) is 12.9 Å². The summed E-state index contributed by atoms with van der Waals surface area (Å²) in [5, 5.41) is 2.37. The number of rotatable bonds is 0. The fraction of sp³-hybridized carbons (Fsp3) is 0.182. The van der Waals surface area contributed by atoms with Crippen LogP contribution in [0.1, 0.15) is 11.3 Å². The first-order valence-electron chi connectivity index (χ1n) is 4.42. The largest absolute Gasteiger partial charge is 0.252 e. The molecule has 0 atom stereocenters. The first kappa shape index (κ1) is 11.4. The maximum Gasteiger partial charge on any atom is 0.0854 e. The normalized spacial score (nSPS) is 11.0. The Morgan fingerprint density at radius 3 is 2.53 bits per heavy atom. The smallest absolute Gasteiger partial charge is 0.0854 e. The van der Waals surface area contributed by atoms with Crippen LogP contribution >= 0.6 is 45.8 Å². The highest BCUT2D eigenvalue weighted by atomic mass is 127. The van der Waals surface area contributed by atoms with Crippen LogP contribution in [0.2, 0.25) is 10.0 Å². The summed E-state index contributed by atoms with van der Waals surface area (Å²) in [6.07, 6.45) is 0. The van der Waals surface area contributed by atoms with Crippen molar-refractivity contribution < 1.29 is 0 Å². The van der Waals surface area contributed by atoms with Gasteiger partial charge in [0.25, 0.3) is 0 Å². The molecule has 0 saturated carbocycles. The second kappa shape index (κ2) is 4.07. The van der Waals surface area contributed by atoms with E-state index in [4.69, 9.17) is 23.2 Å². The lowest BCUT2D eigenvalue weighted by atomic mass is 10.1. The van der Waals surface area contributed by atoms with Crippen LogP contribution in [-0.2, 0) is 0 Å². The highest BCUT2D eigenvalue weighted by Crippen LogP contribution is 2.32. The Kier molecular flexibility index (Phi) is 3.10. The molecule has 0 N–H and O–H groups in total. The predicted molar refractivity (Wildman–Crippen MR) is 74.0 cm³/mol. The van der Waals surface area contributed by atoms with E-state index >= 15 is 0 Å². The van der Waals surface area contributed by atoms with E-state index in [0.717, 1.165) is 30.8 Å². The quantitative estimate of drug-likeness (QED) is 0.623. The SMILES string of the molecule is Cc1nc2c(I)cc(Cl)cc2c(Cl)c1C. The molecular weight excluding hydrogens is 344 g/mol. The van der Waals surface area contributed by atoms with Gasteiger partial charge in [-0.3, -0.25) is 4.98 Å². The van der Waals surface area contributed by atoms with E-state index in [1.807, 2.05) is 26.0 Å². The number of fused-ring (bicyclic) bond motifs is 1. The van der Waals surface area contributed by atoms with Crippen LogP contribution in [0.3, 0.4) is 0 Å². The average molecular weight is 352 g/mol. The van der Waals surface area contributed by atoms with Crippen LogP contribution in [0.15, 0.2) is 12.1 Å². The summed E-state index contributed by atoms with van der Waals surface area (Å²) in [4.78, 5) is 4.53. The molecule has 2 rings (SSSR count). The molecule has 0 aliphatic rings. The fourth-order valence-corrected chi connectivity index (χ4v) is 2.89. The molecular formula is C11H8Cl2IN. The Morgan fingerprint density at radius 1 is 1.20 bits per heavy atom. The first-order valence-corrected chi connectivity index (χ1v) is 6.25. The maximum atomic E-state index is 6.27. The highest BCUT2D eigenvalue weighted by Gasteiger charge is 2.10. The number of nitrogens with zero attached hydrogens (tertiary/aromatic N) is 1. The second-order valence-electron chi connectivity index (χ2n) is 3.42. The zero-order chi connectivity index (χ0) is 11.2. The second-order valence-corrected chi connectivity index (χ2v) is 5.40. The summed E-state index contributed by atoms with van der Waals surface area (Å²) in [6, 6.07) is 3.75. The molecule has 0 fully saturated rings. The lowest BCUT2D eigenvalue weighted by Gasteiger charge is -2.08. The molecule has 4 heteroatoms. The van der Waals surface area contributed by atoms with Crippen LogP contribution in [0, 0.1) is 17.4 Å². The van der Waals surface area contributed by atoms with E-state index in [1.165, 1.54) is 0 Å². The van der Waals surface area contributed by atoms with Crippen LogP contribution in [0.4, 0.5) is 0 Å². The Morgan fingerprint density at radius 2 is 1.87 bits per heavy atom. The van der Waals surface area contributed by atoms with Crippen LogP contribution in [-0.4, -0.2) is 4.98 Å². The van der Waals surface area contributed by atoms with Crippen molar-refractivity contribution in [3.63, 3.8) is 0 Å². The third-order valence-electron chi connectivity index (χ3n) is 2.42. The average Bonchev–Trinajstić information content (AvgIpc) is 2.17. The van der Waals surface area contributed by atoms with Crippen LogP contribution in [0.25, 0.3) is 10.9 Å². The van der Waals surface area contributed by atoms with Gasteiger partial charge < -0.3 is 0 Å². The fourth-order valence-electron chi connectivity index (χ4n) is 1.46.